The molecule has 0 aliphatic rings. The zero-order valence-corrected chi connectivity index (χ0v) is 11.6. The van der Waals surface area contributed by atoms with Crippen LogP contribution in [0, 0.1) is 5.82 Å². The first-order chi connectivity index (χ1) is 9.68. The van der Waals surface area contributed by atoms with E-state index in [1.165, 1.54) is 19.1 Å². The third-order valence-electron chi connectivity index (χ3n) is 2.41. The molecule has 20 heavy (non-hydrogen) atoms. The van der Waals surface area contributed by atoms with E-state index in [0.717, 1.165) is 17.0 Å². The van der Waals surface area contributed by atoms with Crippen molar-refractivity contribution >= 4 is 17.7 Å². The minimum absolute atomic E-state index is 0.169. The molecule has 6 heteroatoms. The summed E-state index contributed by atoms with van der Waals surface area (Å²) in [4.78, 5) is 24.3. The predicted molar refractivity (Wildman–Crippen MR) is 72.2 cm³/mol. The van der Waals surface area contributed by atoms with Crippen molar-refractivity contribution in [3.8, 4) is 0 Å². The van der Waals surface area contributed by atoms with E-state index in [4.69, 9.17) is 11.2 Å². The van der Waals surface area contributed by atoms with Crippen molar-refractivity contribution in [3.05, 3.63) is 30.1 Å². The normalized spacial score (nSPS) is 13.3. The Morgan fingerprint density at radius 1 is 1.40 bits per heavy atom. The van der Waals surface area contributed by atoms with Gasteiger partial charge in [-0.25, -0.2) is 14.0 Å². The Labute approximate surface area is 118 Å². The summed E-state index contributed by atoms with van der Waals surface area (Å²) in [6.07, 6.45) is -0.895. The number of aliphatic carboxylic acids is 1. The maximum Gasteiger partial charge on any atom is 0.415 e. The molecule has 5 nitrogen and oxygen atoms in total. The monoisotopic (exact) mass is 284 g/mol. The van der Waals surface area contributed by atoms with Crippen LogP contribution in [0.2, 0.25) is 0 Å². The number of nitrogens with zero attached hydrogens (tertiary/aromatic N) is 1. The zero-order chi connectivity index (χ0) is 16.2. The van der Waals surface area contributed by atoms with Crippen LogP contribution in [0.5, 0.6) is 0 Å². The molecule has 1 amide bonds. The van der Waals surface area contributed by atoms with Gasteiger partial charge in [0, 0.05) is 7.06 Å². The van der Waals surface area contributed by atoms with Gasteiger partial charge in [-0.2, -0.15) is 0 Å². The van der Waals surface area contributed by atoms with Gasteiger partial charge in [0.15, 0.2) is 0 Å². The molecule has 0 aromatic heterocycles. The second-order valence-corrected chi connectivity index (χ2v) is 4.99. The Kier molecular flexibility index (Phi) is 4.22. The van der Waals surface area contributed by atoms with E-state index in [1.54, 1.807) is 13.8 Å². The van der Waals surface area contributed by atoms with Crippen molar-refractivity contribution in [3.63, 3.8) is 0 Å². The van der Waals surface area contributed by atoms with E-state index in [0.29, 0.717) is 0 Å². The summed E-state index contributed by atoms with van der Waals surface area (Å²) < 4.78 is 25.4. The number of carboxylic acids is 1. The molecule has 0 saturated carbocycles. The largest absolute Gasteiger partial charge is 0.480 e. The highest BCUT2D eigenvalue weighted by Gasteiger charge is 2.31. The molecule has 0 saturated heterocycles. The van der Waals surface area contributed by atoms with Gasteiger partial charge in [-0.15, -0.1) is 0 Å². The fourth-order valence-corrected chi connectivity index (χ4v) is 1.48. The van der Waals surface area contributed by atoms with Crippen molar-refractivity contribution < 1.29 is 25.2 Å². The van der Waals surface area contributed by atoms with Gasteiger partial charge < -0.3 is 9.84 Å². The lowest BCUT2D eigenvalue weighted by atomic mass is 10.2. The van der Waals surface area contributed by atoms with Crippen molar-refractivity contribution in [2.24, 2.45) is 0 Å². The summed E-state index contributed by atoms with van der Waals surface area (Å²) in [5.74, 6) is -1.72. The van der Waals surface area contributed by atoms with Crippen LogP contribution in [-0.4, -0.2) is 28.8 Å². The molecule has 1 atom stereocenters. The number of hydrogen-bond acceptors (Lipinski definition) is 3. The van der Waals surface area contributed by atoms with Crippen LogP contribution >= 0.6 is 0 Å². The van der Waals surface area contributed by atoms with Crippen LogP contribution in [0.3, 0.4) is 0 Å². The molecule has 0 fully saturated rings. The lowest BCUT2D eigenvalue weighted by Gasteiger charge is -2.29. The van der Waals surface area contributed by atoms with Crippen molar-refractivity contribution in [1.82, 2.24) is 0 Å². The summed E-state index contributed by atoms with van der Waals surface area (Å²) in [5, 5.41) is 9.11. The lowest BCUT2D eigenvalue weighted by molar-refractivity contribution is -0.138. The lowest BCUT2D eigenvalue weighted by Crippen LogP contribution is -2.46. The maximum atomic E-state index is 13.0. The molecule has 0 spiro atoms. The fourth-order valence-electron chi connectivity index (χ4n) is 1.48. The molecular weight excluding hydrogens is 265 g/mol. The molecular formula is C14H18FNO4. The number of ether oxygens (including phenoxy) is 1. The SMILES string of the molecule is [2H]CC(C)(C)OC(=O)N(c1ccc(F)cc1)[C@@H](C)C(=O)O. The average molecular weight is 284 g/mol. The maximum absolute atomic E-state index is 13.0. The first-order valence-electron chi connectivity index (χ1n) is 6.68. The first-order valence-corrected chi connectivity index (χ1v) is 5.98. The number of amides is 1. The van der Waals surface area contributed by atoms with Gasteiger partial charge in [0.2, 0.25) is 0 Å². The summed E-state index contributed by atoms with van der Waals surface area (Å²) >= 11 is 0. The van der Waals surface area contributed by atoms with E-state index in [9.17, 15) is 14.0 Å². The Hall–Kier alpha value is -2.11. The standard InChI is InChI=1S/C14H18FNO4/c1-9(12(17)18)16(13(19)20-14(2,3)4)11-7-5-10(15)6-8-11/h5-9H,1-4H3,(H,17,18)/t9-/m0/s1/i2D. The highest BCUT2D eigenvalue weighted by molar-refractivity contribution is 5.95. The Morgan fingerprint density at radius 3 is 2.40 bits per heavy atom. The minimum atomic E-state index is -1.22. The van der Waals surface area contributed by atoms with Gasteiger partial charge in [0.25, 0.3) is 0 Å². The number of carbonyl (C=O) groups is 2. The number of hydrogen-bond donors (Lipinski definition) is 1. The second-order valence-electron chi connectivity index (χ2n) is 4.99. The number of halogens is 1. The van der Waals surface area contributed by atoms with Crippen molar-refractivity contribution in [1.29, 1.82) is 0 Å². The number of rotatable bonds is 3. The quantitative estimate of drug-likeness (QED) is 0.926. The van der Waals surface area contributed by atoms with Gasteiger partial charge in [-0.1, -0.05) is 0 Å². The molecule has 1 N–H and O–H groups in total. The number of benzene rings is 1. The van der Waals surface area contributed by atoms with Gasteiger partial charge in [0.1, 0.15) is 17.5 Å². The second kappa shape index (κ2) is 5.90. The molecule has 1 rings (SSSR count). The minimum Gasteiger partial charge on any atom is -0.480 e. The molecule has 0 aliphatic carbocycles. The number of carboxylic acid groups (broad SMARTS) is 1. The third kappa shape index (κ3) is 4.22. The van der Waals surface area contributed by atoms with Crippen LogP contribution in [-0.2, 0) is 9.53 Å². The molecule has 0 heterocycles. The van der Waals surface area contributed by atoms with E-state index < -0.39 is 29.5 Å². The smallest absolute Gasteiger partial charge is 0.415 e. The highest BCUT2D eigenvalue weighted by atomic mass is 19.1. The van der Waals surface area contributed by atoms with Crippen molar-refractivity contribution in [2.75, 3.05) is 4.90 Å². The number of carbonyl (C=O) groups excluding carboxylic acids is 1. The summed E-state index contributed by atoms with van der Waals surface area (Å²) in [6, 6.07) is 3.65. The Balaban J connectivity index is 3.11. The van der Waals surface area contributed by atoms with E-state index in [-0.39, 0.29) is 12.6 Å². The topological polar surface area (TPSA) is 66.8 Å². The van der Waals surface area contributed by atoms with Gasteiger partial charge in [-0.05, 0) is 51.9 Å². The van der Waals surface area contributed by atoms with Crippen LogP contribution in [0.15, 0.2) is 24.3 Å². The fraction of sp³-hybridized carbons (Fsp3) is 0.429. The molecule has 0 bridgehead atoms. The summed E-state index contributed by atoms with van der Waals surface area (Å²) in [6.45, 7) is 4.25. The molecule has 0 radical (unpaired) electrons. The first kappa shape index (κ1) is 14.3. The van der Waals surface area contributed by atoms with E-state index >= 15 is 0 Å². The van der Waals surface area contributed by atoms with Crippen LogP contribution in [0.4, 0.5) is 14.9 Å². The van der Waals surface area contributed by atoms with Gasteiger partial charge >= 0.3 is 12.1 Å². The number of anilines is 1. The average Bonchev–Trinajstić information content (AvgIpc) is 2.40. The van der Waals surface area contributed by atoms with Crippen LogP contribution < -0.4 is 4.90 Å². The van der Waals surface area contributed by atoms with Gasteiger partial charge in [0.05, 0.1) is 0 Å². The van der Waals surface area contributed by atoms with Crippen molar-refractivity contribution in [2.45, 2.75) is 39.3 Å². The summed E-state index contributed by atoms with van der Waals surface area (Å²) in [7, 11) is 0. The zero-order valence-electron chi connectivity index (χ0n) is 12.6. The molecule has 0 unspecified atom stereocenters. The molecule has 110 valence electrons. The summed E-state index contributed by atoms with van der Waals surface area (Å²) in [5.41, 5.74) is -0.842. The molecule has 1 aromatic rings. The van der Waals surface area contributed by atoms with E-state index in [1.807, 2.05) is 0 Å². The Morgan fingerprint density at radius 2 is 1.95 bits per heavy atom. The van der Waals surface area contributed by atoms with Crippen LogP contribution in [0.1, 0.15) is 29.0 Å². The van der Waals surface area contributed by atoms with E-state index in [2.05, 4.69) is 0 Å². The molecule has 0 aliphatic heterocycles. The Bertz CT molecular complexity index is 518. The van der Waals surface area contributed by atoms with Gasteiger partial charge in [-0.3, -0.25) is 4.90 Å². The molecule has 1 aromatic carbocycles. The third-order valence-corrected chi connectivity index (χ3v) is 2.41. The van der Waals surface area contributed by atoms with Crippen LogP contribution in [0.25, 0.3) is 0 Å². The highest BCUT2D eigenvalue weighted by Crippen LogP contribution is 2.21. The predicted octanol–water partition coefficient (Wildman–Crippen LogP) is 3.04.